The van der Waals surface area contributed by atoms with Crippen LogP contribution in [0.1, 0.15) is 15.9 Å². The number of carbonyl (C=O) groups is 1. The van der Waals surface area contributed by atoms with Crippen molar-refractivity contribution in [3.05, 3.63) is 83.6 Å². The van der Waals surface area contributed by atoms with Crippen LogP contribution in [0.15, 0.2) is 60.8 Å². The van der Waals surface area contributed by atoms with E-state index in [0.717, 1.165) is 12.1 Å². The fourth-order valence-electron chi connectivity index (χ4n) is 2.23. The van der Waals surface area contributed by atoms with Crippen molar-refractivity contribution in [2.45, 2.75) is 6.67 Å². The summed E-state index contributed by atoms with van der Waals surface area (Å²) >= 11 is 0. The lowest BCUT2D eigenvalue weighted by atomic mass is 10.2. The van der Waals surface area contributed by atoms with Gasteiger partial charge in [-0.3, -0.25) is 4.79 Å². The molecule has 1 heterocycles. The van der Waals surface area contributed by atoms with Gasteiger partial charge in [0.25, 0.3) is 5.91 Å². The van der Waals surface area contributed by atoms with E-state index < -0.39 is 24.2 Å². The molecule has 0 bridgehead atoms. The van der Waals surface area contributed by atoms with Gasteiger partial charge in [0.1, 0.15) is 29.6 Å². The van der Waals surface area contributed by atoms with Gasteiger partial charge in [-0.2, -0.15) is 0 Å². The second kappa shape index (κ2) is 7.69. The molecule has 3 rings (SSSR count). The van der Waals surface area contributed by atoms with Gasteiger partial charge in [-0.15, -0.1) is 0 Å². The predicted octanol–water partition coefficient (Wildman–Crippen LogP) is 4.87. The van der Waals surface area contributed by atoms with Crippen LogP contribution in [0.5, 0.6) is 11.6 Å². The van der Waals surface area contributed by atoms with Crippen LogP contribution >= 0.6 is 0 Å². The van der Waals surface area contributed by atoms with Gasteiger partial charge in [0, 0.05) is 12.3 Å². The van der Waals surface area contributed by atoms with Crippen molar-refractivity contribution >= 4 is 11.6 Å². The highest BCUT2D eigenvalue weighted by Gasteiger charge is 2.16. The maximum absolute atomic E-state index is 13.7. The number of hydrogen-bond donors (Lipinski definition) is 1. The first kappa shape index (κ1) is 17.5. The molecule has 0 saturated carbocycles. The molecule has 1 N–H and O–H groups in total. The number of hydrogen-bond acceptors (Lipinski definition) is 3. The number of benzene rings is 2. The third-order valence-electron chi connectivity index (χ3n) is 3.46. The molecule has 3 aromatic rings. The maximum atomic E-state index is 13.7. The van der Waals surface area contributed by atoms with Crippen LogP contribution in [0.3, 0.4) is 0 Å². The van der Waals surface area contributed by atoms with E-state index in [0.29, 0.717) is 17.4 Å². The summed E-state index contributed by atoms with van der Waals surface area (Å²) in [6.45, 7) is -0.656. The van der Waals surface area contributed by atoms with E-state index in [1.807, 2.05) is 0 Å². The smallest absolute Gasteiger partial charge is 0.261 e. The van der Waals surface area contributed by atoms with Crippen molar-refractivity contribution in [2.75, 3.05) is 5.32 Å². The Kier molecular flexibility index (Phi) is 5.17. The number of pyridine rings is 1. The molecule has 0 aliphatic carbocycles. The molecule has 26 heavy (non-hydrogen) atoms. The number of nitrogens with one attached hydrogen (secondary N) is 1. The fraction of sp³-hybridized carbons (Fsp3) is 0.0526. The van der Waals surface area contributed by atoms with Crippen molar-refractivity contribution in [1.29, 1.82) is 0 Å². The van der Waals surface area contributed by atoms with Crippen LogP contribution in [-0.4, -0.2) is 10.9 Å². The van der Waals surface area contributed by atoms with Crippen molar-refractivity contribution < 1.29 is 22.7 Å². The molecule has 0 saturated heterocycles. The molecular weight excluding hydrogens is 345 g/mol. The number of rotatable bonds is 5. The Bertz CT molecular complexity index is 948. The molecule has 0 unspecified atom stereocenters. The van der Waals surface area contributed by atoms with Gasteiger partial charge in [0.05, 0.1) is 5.69 Å². The second-order valence-electron chi connectivity index (χ2n) is 5.32. The Morgan fingerprint density at radius 3 is 2.69 bits per heavy atom. The molecule has 0 spiro atoms. The molecule has 0 aliphatic rings. The van der Waals surface area contributed by atoms with Crippen LogP contribution < -0.4 is 10.1 Å². The van der Waals surface area contributed by atoms with Crippen LogP contribution in [-0.2, 0) is 6.67 Å². The van der Waals surface area contributed by atoms with Gasteiger partial charge < -0.3 is 10.1 Å². The number of carbonyl (C=O) groups excluding carboxylic acids is 1. The highest BCUT2D eigenvalue weighted by Crippen LogP contribution is 2.25. The minimum absolute atomic E-state index is 0.0245. The van der Waals surface area contributed by atoms with Crippen molar-refractivity contribution in [3.63, 3.8) is 0 Å². The van der Waals surface area contributed by atoms with Gasteiger partial charge in [0.2, 0.25) is 5.88 Å². The molecule has 132 valence electrons. The number of amides is 1. The van der Waals surface area contributed by atoms with E-state index >= 15 is 0 Å². The highest BCUT2D eigenvalue weighted by molar-refractivity contribution is 6.05. The number of ether oxygens (including phenoxy) is 1. The molecule has 0 aliphatic heterocycles. The van der Waals surface area contributed by atoms with E-state index in [-0.39, 0.29) is 17.1 Å². The van der Waals surface area contributed by atoms with E-state index in [2.05, 4.69) is 10.3 Å². The molecule has 2 aromatic carbocycles. The quantitative estimate of drug-likeness (QED) is 0.708. The largest absolute Gasteiger partial charge is 0.438 e. The molecule has 0 radical (unpaired) electrons. The lowest BCUT2D eigenvalue weighted by Crippen LogP contribution is -2.14. The van der Waals surface area contributed by atoms with Crippen molar-refractivity contribution in [2.24, 2.45) is 0 Å². The lowest BCUT2D eigenvalue weighted by Gasteiger charge is -2.11. The summed E-state index contributed by atoms with van der Waals surface area (Å²) < 4.78 is 45.0. The number of alkyl halides is 1. The first-order chi connectivity index (χ1) is 12.6. The summed E-state index contributed by atoms with van der Waals surface area (Å²) in [5.74, 6) is -2.05. The Balaban J connectivity index is 1.85. The standard InChI is InChI=1S/C19H13F3N2O2/c20-11-12-3-1-4-14(9-12)26-19-15(5-2-8-23-19)18(25)24-17-7-6-13(21)10-16(17)22/h1-10H,11H2,(H,24,25). The summed E-state index contributed by atoms with van der Waals surface area (Å²) in [7, 11) is 0. The zero-order chi connectivity index (χ0) is 18.5. The first-order valence-corrected chi connectivity index (χ1v) is 7.61. The topological polar surface area (TPSA) is 51.2 Å². The zero-order valence-corrected chi connectivity index (χ0v) is 13.4. The average molecular weight is 358 g/mol. The van der Waals surface area contributed by atoms with E-state index in [1.165, 1.54) is 24.4 Å². The Morgan fingerprint density at radius 2 is 1.92 bits per heavy atom. The minimum Gasteiger partial charge on any atom is -0.438 e. The van der Waals surface area contributed by atoms with Gasteiger partial charge in [0.15, 0.2) is 0 Å². The summed E-state index contributed by atoms with van der Waals surface area (Å²) in [6, 6.07) is 12.0. The molecule has 1 amide bonds. The highest BCUT2D eigenvalue weighted by atomic mass is 19.1. The molecule has 1 aromatic heterocycles. The van der Waals surface area contributed by atoms with Crippen LogP contribution in [0, 0.1) is 11.6 Å². The normalized spacial score (nSPS) is 10.4. The van der Waals surface area contributed by atoms with E-state index in [9.17, 15) is 18.0 Å². The minimum atomic E-state index is -0.902. The van der Waals surface area contributed by atoms with Gasteiger partial charge in [-0.05, 0) is 42.0 Å². The fourth-order valence-corrected chi connectivity index (χ4v) is 2.23. The average Bonchev–Trinajstić information content (AvgIpc) is 2.64. The SMILES string of the molecule is O=C(Nc1ccc(F)cc1F)c1cccnc1Oc1cccc(CF)c1. The molecule has 0 fully saturated rings. The number of halogens is 3. The summed E-state index contributed by atoms with van der Waals surface area (Å²) in [6.07, 6.45) is 1.42. The van der Waals surface area contributed by atoms with Crippen LogP contribution in [0.2, 0.25) is 0 Å². The number of aromatic nitrogens is 1. The second-order valence-corrected chi connectivity index (χ2v) is 5.32. The Hall–Kier alpha value is -3.35. The Morgan fingerprint density at radius 1 is 1.08 bits per heavy atom. The van der Waals surface area contributed by atoms with E-state index in [4.69, 9.17) is 4.74 Å². The number of anilines is 1. The third kappa shape index (κ3) is 4.00. The van der Waals surface area contributed by atoms with Crippen molar-refractivity contribution in [1.82, 2.24) is 4.98 Å². The summed E-state index contributed by atoms with van der Waals surface area (Å²) in [5.41, 5.74) is 0.283. The van der Waals surface area contributed by atoms with Gasteiger partial charge in [-0.1, -0.05) is 12.1 Å². The lowest BCUT2D eigenvalue weighted by molar-refractivity contribution is 0.102. The molecule has 0 atom stereocenters. The third-order valence-corrected chi connectivity index (χ3v) is 3.46. The summed E-state index contributed by atoms with van der Waals surface area (Å²) in [4.78, 5) is 16.4. The summed E-state index contributed by atoms with van der Waals surface area (Å²) in [5, 5.41) is 2.34. The van der Waals surface area contributed by atoms with Crippen molar-refractivity contribution in [3.8, 4) is 11.6 Å². The number of nitrogens with zero attached hydrogens (tertiary/aromatic N) is 1. The Labute approximate surface area is 147 Å². The van der Waals surface area contributed by atoms with Gasteiger partial charge >= 0.3 is 0 Å². The van der Waals surface area contributed by atoms with Gasteiger partial charge in [-0.25, -0.2) is 18.2 Å². The molecule has 7 heteroatoms. The first-order valence-electron chi connectivity index (χ1n) is 7.61. The predicted molar refractivity (Wildman–Crippen MR) is 89.9 cm³/mol. The van der Waals surface area contributed by atoms with Crippen LogP contribution in [0.4, 0.5) is 18.9 Å². The molecular formula is C19H13F3N2O2. The molecule has 4 nitrogen and oxygen atoms in total. The monoisotopic (exact) mass is 358 g/mol. The maximum Gasteiger partial charge on any atom is 0.261 e. The van der Waals surface area contributed by atoms with E-state index in [1.54, 1.807) is 18.2 Å². The zero-order valence-electron chi connectivity index (χ0n) is 13.4. The van der Waals surface area contributed by atoms with Crippen LogP contribution in [0.25, 0.3) is 0 Å².